The fraction of sp³-hybridized carbons (Fsp3) is 0.458. The van der Waals surface area contributed by atoms with E-state index in [2.05, 4.69) is 4.90 Å². The summed E-state index contributed by atoms with van der Waals surface area (Å²) in [7, 11) is 0. The van der Waals surface area contributed by atoms with Crippen LogP contribution in [-0.2, 0) is 11.3 Å². The highest BCUT2D eigenvalue weighted by Gasteiger charge is 2.24. The van der Waals surface area contributed by atoms with Crippen molar-refractivity contribution < 1.29 is 19.4 Å². The molecule has 0 unspecified atom stereocenters. The third-order valence-electron chi connectivity index (χ3n) is 6.03. The Morgan fingerprint density at radius 2 is 1.77 bits per heavy atom. The summed E-state index contributed by atoms with van der Waals surface area (Å²) >= 11 is 0. The van der Waals surface area contributed by atoms with Crippen molar-refractivity contribution >= 4 is 5.91 Å². The Hall–Kier alpha value is -2.73. The molecule has 0 bridgehead atoms. The third-order valence-corrected chi connectivity index (χ3v) is 6.03. The van der Waals surface area contributed by atoms with E-state index in [4.69, 9.17) is 9.47 Å². The fourth-order valence-corrected chi connectivity index (χ4v) is 4.25. The lowest BCUT2D eigenvalue weighted by Crippen LogP contribution is -2.42. The number of phenols is 1. The molecular weight excluding hydrogens is 380 g/mol. The number of nitrogens with zero attached hydrogens (tertiary/aromatic N) is 2. The van der Waals surface area contributed by atoms with Crippen LogP contribution in [0, 0.1) is 0 Å². The molecule has 0 atom stereocenters. The van der Waals surface area contributed by atoms with Crippen LogP contribution in [0.1, 0.15) is 36.8 Å². The molecule has 2 aromatic rings. The first-order valence-electron chi connectivity index (χ1n) is 10.8. The molecule has 2 aliphatic rings. The van der Waals surface area contributed by atoms with E-state index < -0.39 is 0 Å². The number of fused-ring (bicyclic) bond motifs is 1. The molecule has 4 rings (SSSR count). The molecule has 2 aliphatic heterocycles. The molecular formula is C24H30N2O4. The lowest BCUT2D eigenvalue weighted by molar-refractivity contribution is -0.133. The average Bonchev–Trinajstić information content (AvgIpc) is 2.78. The van der Waals surface area contributed by atoms with E-state index in [9.17, 15) is 9.90 Å². The largest absolute Gasteiger partial charge is 0.508 e. The normalized spacial score (nSPS) is 17.0. The first-order chi connectivity index (χ1) is 14.6. The maximum atomic E-state index is 12.9. The van der Waals surface area contributed by atoms with Gasteiger partial charge < -0.3 is 19.5 Å². The smallest absolute Gasteiger partial charge is 0.237 e. The Balaban J connectivity index is 1.30. The van der Waals surface area contributed by atoms with Gasteiger partial charge in [-0.3, -0.25) is 9.69 Å². The number of carbonyl (C=O) groups is 1. The quantitative estimate of drug-likeness (QED) is 0.791. The summed E-state index contributed by atoms with van der Waals surface area (Å²) in [5, 5.41) is 9.47. The topological polar surface area (TPSA) is 62.2 Å². The average molecular weight is 411 g/mol. The van der Waals surface area contributed by atoms with Crippen molar-refractivity contribution in [3.63, 3.8) is 0 Å². The van der Waals surface area contributed by atoms with Crippen molar-refractivity contribution in [2.75, 3.05) is 39.4 Å². The second kappa shape index (κ2) is 9.39. The summed E-state index contributed by atoms with van der Waals surface area (Å²) < 4.78 is 11.2. The molecule has 1 amide bonds. The minimum absolute atomic E-state index is 0.162. The summed E-state index contributed by atoms with van der Waals surface area (Å²) in [6, 6.07) is 13.4. The number of carbonyl (C=O) groups excluding carboxylic acids is 1. The van der Waals surface area contributed by atoms with Crippen molar-refractivity contribution in [3.05, 3.63) is 53.6 Å². The Kier molecular flexibility index (Phi) is 6.43. The van der Waals surface area contributed by atoms with Crippen LogP contribution in [0.15, 0.2) is 42.5 Å². The highest BCUT2D eigenvalue weighted by Crippen LogP contribution is 2.31. The number of hydrogen-bond acceptors (Lipinski definition) is 5. The summed E-state index contributed by atoms with van der Waals surface area (Å²) in [5.74, 6) is 2.50. The number of aromatic hydroxyl groups is 1. The van der Waals surface area contributed by atoms with Gasteiger partial charge in [-0.1, -0.05) is 18.2 Å². The maximum absolute atomic E-state index is 12.9. The van der Waals surface area contributed by atoms with Gasteiger partial charge in [-0.25, -0.2) is 0 Å². The van der Waals surface area contributed by atoms with Crippen LogP contribution in [0.25, 0.3) is 0 Å². The number of amides is 1. The van der Waals surface area contributed by atoms with Crippen molar-refractivity contribution in [2.45, 2.75) is 32.2 Å². The Labute approximate surface area is 178 Å². The Bertz CT molecular complexity index is 860. The van der Waals surface area contributed by atoms with Crippen LogP contribution >= 0.6 is 0 Å². The van der Waals surface area contributed by atoms with Gasteiger partial charge in [0.1, 0.15) is 19.0 Å². The first kappa shape index (κ1) is 20.5. The molecule has 6 heteroatoms. The molecule has 0 aliphatic carbocycles. The van der Waals surface area contributed by atoms with Gasteiger partial charge in [0.2, 0.25) is 5.91 Å². The molecule has 1 fully saturated rings. The number of hydrogen-bond donors (Lipinski definition) is 1. The Morgan fingerprint density at radius 1 is 1.07 bits per heavy atom. The van der Waals surface area contributed by atoms with Crippen molar-refractivity contribution in [3.8, 4) is 17.2 Å². The number of likely N-dealkylation sites (tertiary alicyclic amines) is 1. The maximum Gasteiger partial charge on any atom is 0.237 e. The van der Waals surface area contributed by atoms with Crippen molar-refractivity contribution in [1.82, 2.24) is 9.80 Å². The SMILES string of the molecule is CCN(Cc1ccc2c(c1)OCCO2)C(=O)CN1CCC(c2ccc(O)cc2)CC1. The van der Waals surface area contributed by atoms with Gasteiger partial charge in [-0.2, -0.15) is 0 Å². The highest BCUT2D eigenvalue weighted by molar-refractivity contribution is 5.78. The Morgan fingerprint density at radius 3 is 2.47 bits per heavy atom. The van der Waals surface area contributed by atoms with E-state index in [1.807, 2.05) is 42.2 Å². The molecule has 1 saturated heterocycles. The summed E-state index contributed by atoms with van der Waals surface area (Å²) in [6.07, 6.45) is 2.07. The lowest BCUT2D eigenvalue weighted by atomic mass is 9.89. The van der Waals surface area contributed by atoms with Crippen LogP contribution in [0.3, 0.4) is 0 Å². The zero-order valence-corrected chi connectivity index (χ0v) is 17.5. The monoisotopic (exact) mass is 410 g/mol. The van der Waals surface area contributed by atoms with E-state index in [1.165, 1.54) is 5.56 Å². The van der Waals surface area contributed by atoms with Crippen LogP contribution in [0.4, 0.5) is 0 Å². The fourth-order valence-electron chi connectivity index (χ4n) is 4.25. The molecule has 30 heavy (non-hydrogen) atoms. The minimum atomic E-state index is 0.162. The molecule has 160 valence electrons. The van der Waals surface area contributed by atoms with Gasteiger partial charge in [0.05, 0.1) is 6.54 Å². The van der Waals surface area contributed by atoms with Crippen LogP contribution in [0.2, 0.25) is 0 Å². The molecule has 2 heterocycles. The van der Waals surface area contributed by atoms with Gasteiger partial charge >= 0.3 is 0 Å². The van der Waals surface area contributed by atoms with Gasteiger partial charge in [-0.05, 0) is 74.2 Å². The second-order valence-corrected chi connectivity index (χ2v) is 8.03. The standard InChI is InChI=1S/C24H30N2O4/c1-2-26(16-18-3-8-22-23(15-18)30-14-13-29-22)24(28)17-25-11-9-20(10-12-25)19-4-6-21(27)7-5-19/h3-8,15,20,27H,2,9-14,16-17H2,1H3. The molecule has 2 aromatic carbocycles. The summed E-state index contributed by atoms with van der Waals surface area (Å²) in [5.41, 5.74) is 2.33. The van der Waals surface area contributed by atoms with E-state index in [1.54, 1.807) is 12.1 Å². The molecule has 0 saturated carbocycles. The third kappa shape index (κ3) is 4.87. The highest BCUT2D eigenvalue weighted by atomic mass is 16.6. The van der Waals surface area contributed by atoms with Crippen molar-refractivity contribution in [2.24, 2.45) is 0 Å². The van der Waals surface area contributed by atoms with Gasteiger partial charge in [0.25, 0.3) is 0 Å². The first-order valence-corrected chi connectivity index (χ1v) is 10.8. The predicted octanol–water partition coefficient (Wildman–Crippen LogP) is 3.39. The van der Waals surface area contributed by atoms with Crippen molar-refractivity contribution in [1.29, 1.82) is 0 Å². The minimum Gasteiger partial charge on any atom is -0.508 e. The summed E-state index contributed by atoms with van der Waals surface area (Å²) in [4.78, 5) is 17.1. The molecule has 0 aromatic heterocycles. The molecule has 0 spiro atoms. The molecule has 6 nitrogen and oxygen atoms in total. The predicted molar refractivity (Wildman–Crippen MR) is 115 cm³/mol. The molecule has 0 radical (unpaired) electrons. The molecule has 1 N–H and O–H groups in total. The van der Waals surface area contributed by atoms with E-state index in [0.29, 0.717) is 44.5 Å². The van der Waals surface area contributed by atoms with Gasteiger partial charge in [0, 0.05) is 13.1 Å². The van der Waals surface area contributed by atoms with Crippen LogP contribution in [0.5, 0.6) is 17.2 Å². The number of ether oxygens (including phenoxy) is 2. The van der Waals surface area contributed by atoms with Crippen LogP contribution in [-0.4, -0.2) is 60.2 Å². The van der Waals surface area contributed by atoms with Gasteiger partial charge in [0.15, 0.2) is 11.5 Å². The van der Waals surface area contributed by atoms with Crippen LogP contribution < -0.4 is 9.47 Å². The number of phenolic OH excluding ortho intramolecular Hbond substituents is 1. The number of likely N-dealkylation sites (N-methyl/N-ethyl adjacent to an activating group) is 1. The number of rotatable bonds is 6. The van der Waals surface area contributed by atoms with E-state index >= 15 is 0 Å². The van der Waals surface area contributed by atoms with Gasteiger partial charge in [-0.15, -0.1) is 0 Å². The second-order valence-electron chi connectivity index (χ2n) is 8.03. The summed E-state index contributed by atoms with van der Waals surface area (Å²) in [6.45, 7) is 6.71. The number of benzene rings is 2. The zero-order chi connectivity index (χ0) is 20.9. The lowest BCUT2D eigenvalue weighted by Gasteiger charge is -2.33. The van der Waals surface area contributed by atoms with E-state index in [-0.39, 0.29) is 5.91 Å². The number of piperidine rings is 1. The van der Waals surface area contributed by atoms with E-state index in [0.717, 1.165) is 43.0 Å². The zero-order valence-electron chi connectivity index (χ0n) is 17.5.